The zero-order chi connectivity index (χ0) is 23.9. The molecular formula is C28H24N6O. The second-order valence-corrected chi connectivity index (χ2v) is 8.73. The number of aromatic nitrogens is 4. The molecule has 5 aromatic rings. The number of rotatable bonds is 3. The van der Waals surface area contributed by atoms with Gasteiger partial charge in [-0.3, -0.25) is 9.20 Å². The van der Waals surface area contributed by atoms with Crippen molar-refractivity contribution in [3.8, 4) is 22.6 Å². The monoisotopic (exact) mass is 460 g/mol. The van der Waals surface area contributed by atoms with Gasteiger partial charge < -0.3 is 10.6 Å². The highest BCUT2D eigenvalue weighted by molar-refractivity contribution is 5.89. The van der Waals surface area contributed by atoms with Crippen molar-refractivity contribution in [1.29, 1.82) is 0 Å². The van der Waals surface area contributed by atoms with Gasteiger partial charge in [0.1, 0.15) is 17.2 Å². The summed E-state index contributed by atoms with van der Waals surface area (Å²) < 4.78 is 2.00. The molecule has 4 heterocycles. The predicted octanol–water partition coefficient (Wildman–Crippen LogP) is 4.83. The van der Waals surface area contributed by atoms with Gasteiger partial charge in [-0.2, -0.15) is 0 Å². The summed E-state index contributed by atoms with van der Waals surface area (Å²) in [4.78, 5) is 27.9. The van der Waals surface area contributed by atoms with Gasteiger partial charge in [0.05, 0.1) is 16.9 Å². The van der Waals surface area contributed by atoms with Crippen molar-refractivity contribution in [2.24, 2.45) is 0 Å². The lowest BCUT2D eigenvalue weighted by molar-refractivity contribution is -0.128. The molecule has 0 radical (unpaired) electrons. The van der Waals surface area contributed by atoms with Crippen molar-refractivity contribution in [3.05, 3.63) is 84.8 Å². The summed E-state index contributed by atoms with van der Waals surface area (Å²) in [5.74, 6) is 1.30. The average molecular weight is 461 g/mol. The molecule has 2 N–H and O–H groups in total. The Morgan fingerprint density at radius 1 is 1.00 bits per heavy atom. The molecule has 0 saturated heterocycles. The van der Waals surface area contributed by atoms with Gasteiger partial charge in [0.2, 0.25) is 5.91 Å². The third kappa shape index (κ3) is 3.71. The van der Waals surface area contributed by atoms with E-state index in [9.17, 15) is 4.79 Å². The Hall–Kier alpha value is -4.52. The number of fused-ring (bicyclic) bond motifs is 2. The Balaban J connectivity index is 1.48. The maximum absolute atomic E-state index is 11.8. The molecule has 1 aliphatic rings. The Morgan fingerprint density at radius 3 is 2.60 bits per heavy atom. The molecule has 7 heteroatoms. The largest absolute Gasteiger partial charge is 0.382 e. The normalized spacial score (nSPS) is 13.9. The molecule has 1 aliphatic heterocycles. The van der Waals surface area contributed by atoms with Crippen LogP contribution >= 0.6 is 0 Å². The van der Waals surface area contributed by atoms with Crippen molar-refractivity contribution in [2.75, 3.05) is 18.8 Å². The molecule has 6 rings (SSSR count). The van der Waals surface area contributed by atoms with Crippen LogP contribution in [0.15, 0.2) is 79.1 Å². The molecule has 0 aliphatic carbocycles. The number of nitrogen functional groups attached to an aromatic ring is 1. The van der Waals surface area contributed by atoms with Gasteiger partial charge in [0, 0.05) is 48.9 Å². The standard InChI is InChI=1S/C28H24N6O/c1-18(35)33-14-11-21(12-15-33)25-26-27(29)30-13-16-34(26)28(32-25)22-8-7-20-9-10-23(31-24(20)17-22)19-5-3-2-4-6-19/h2-11,13,16-17H,12,14-15H2,1H3,(H2,29,30). The van der Waals surface area contributed by atoms with Crippen LogP contribution in [0.3, 0.4) is 0 Å². The van der Waals surface area contributed by atoms with Crippen LogP contribution in [0.25, 0.3) is 44.6 Å². The Bertz CT molecular complexity index is 1620. The second kappa shape index (κ2) is 8.36. The molecule has 172 valence electrons. The van der Waals surface area contributed by atoms with Gasteiger partial charge in [0.15, 0.2) is 0 Å². The minimum absolute atomic E-state index is 0.0791. The summed E-state index contributed by atoms with van der Waals surface area (Å²) in [5.41, 5.74) is 12.9. The van der Waals surface area contributed by atoms with E-state index in [0.29, 0.717) is 18.9 Å². The first-order chi connectivity index (χ1) is 17.1. The Kier molecular flexibility index (Phi) is 5.03. The Morgan fingerprint density at radius 2 is 1.83 bits per heavy atom. The zero-order valence-corrected chi connectivity index (χ0v) is 19.3. The minimum atomic E-state index is 0.0791. The molecule has 35 heavy (non-hydrogen) atoms. The summed E-state index contributed by atoms with van der Waals surface area (Å²) in [7, 11) is 0. The van der Waals surface area contributed by atoms with Crippen LogP contribution in [0.4, 0.5) is 5.82 Å². The summed E-state index contributed by atoms with van der Waals surface area (Å²) in [6.45, 7) is 2.83. The molecule has 1 amide bonds. The summed E-state index contributed by atoms with van der Waals surface area (Å²) in [6, 6.07) is 20.5. The van der Waals surface area contributed by atoms with Crippen molar-refractivity contribution >= 4 is 33.7 Å². The first-order valence-corrected chi connectivity index (χ1v) is 11.6. The Labute approximate surface area is 202 Å². The van der Waals surface area contributed by atoms with Crippen LogP contribution in [0.1, 0.15) is 19.0 Å². The molecule has 0 unspecified atom stereocenters. The first-order valence-electron chi connectivity index (χ1n) is 11.6. The molecule has 0 saturated carbocycles. The van der Waals surface area contributed by atoms with Crippen LogP contribution in [-0.2, 0) is 4.79 Å². The molecule has 0 fully saturated rings. The van der Waals surface area contributed by atoms with Crippen LogP contribution in [0.2, 0.25) is 0 Å². The molecular weight excluding hydrogens is 436 g/mol. The third-order valence-corrected chi connectivity index (χ3v) is 6.56. The lowest BCUT2D eigenvalue weighted by atomic mass is 10.0. The number of hydrogen-bond acceptors (Lipinski definition) is 5. The quantitative estimate of drug-likeness (QED) is 0.417. The van der Waals surface area contributed by atoms with Crippen LogP contribution in [0.5, 0.6) is 0 Å². The van der Waals surface area contributed by atoms with Crippen LogP contribution in [0, 0.1) is 0 Å². The second-order valence-electron chi connectivity index (χ2n) is 8.73. The lowest BCUT2D eigenvalue weighted by Gasteiger charge is -2.24. The predicted molar refractivity (Wildman–Crippen MR) is 138 cm³/mol. The number of benzene rings is 2. The fraction of sp³-hybridized carbons (Fsp3) is 0.143. The van der Waals surface area contributed by atoms with E-state index in [0.717, 1.165) is 56.8 Å². The van der Waals surface area contributed by atoms with Gasteiger partial charge in [-0.25, -0.2) is 15.0 Å². The van der Waals surface area contributed by atoms with Crippen molar-refractivity contribution in [2.45, 2.75) is 13.3 Å². The summed E-state index contributed by atoms with van der Waals surface area (Å²) in [5, 5.41) is 1.06. The van der Waals surface area contributed by atoms with Gasteiger partial charge in [-0.1, -0.05) is 54.6 Å². The van der Waals surface area contributed by atoms with Crippen molar-refractivity contribution in [3.63, 3.8) is 0 Å². The highest BCUT2D eigenvalue weighted by atomic mass is 16.2. The van der Waals surface area contributed by atoms with E-state index in [4.69, 9.17) is 15.7 Å². The number of hydrogen-bond donors (Lipinski definition) is 1. The fourth-order valence-electron chi connectivity index (χ4n) is 4.69. The number of anilines is 1. The molecule has 3 aromatic heterocycles. The molecule has 2 aromatic carbocycles. The van der Waals surface area contributed by atoms with Crippen molar-refractivity contribution < 1.29 is 4.79 Å². The van der Waals surface area contributed by atoms with Gasteiger partial charge >= 0.3 is 0 Å². The van der Waals surface area contributed by atoms with Gasteiger partial charge in [0.25, 0.3) is 0 Å². The highest BCUT2D eigenvalue weighted by Crippen LogP contribution is 2.33. The number of nitrogens with zero attached hydrogens (tertiary/aromatic N) is 5. The third-order valence-electron chi connectivity index (χ3n) is 6.56. The topological polar surface area (TPSA) is 89.4 Å². The number of imidazole rings is 1. The zero-order valence-electron chi connectivity index (χ0n) is 19.3. The fourth-order valence-corrected chi connectivity index (χ4v) is 4.69. The van der Waals surface area contributed by atoms with Gasteiger partial charge in [-0.15, -0.1) is 0 Å². The van der Waals surface area contributed by atoms with E-state index in [1.807, 2.05) is 39.8 Å². The van der Waals surface area contributed by atoms with E-state index in [1.165, 1.54) is 0 Å². The van der Waals surface area contributed by atoms with Crippen LogP contribution in [-0.4, -0.2) is 43.2 Å². The molecule has 0 atom stereocenters. The van der Waals surface area contributed by atoms with E-state index in [2.05, 4.69) is 47.5 Å². The lowest BCUT2D eigenvalue weighted by Crippen LogP contribution is -2.32. The first kappa shape index (κ1) is 21.0. The van der Waals surface area contributed by atoms with Gasteiger partial charge in [-0.05, 0) is 24.1 Å². The SMILES string of the molecule is CC(=O)N1CC=C(c2nc(-c3ccc4ccc(-c5ccccc5)nc4c3)n3ccnc(N)c23)CC1. The van der Waals surface area contributed by atoms with Crippen molar-refractivity contribution in [1.82, 2.24) is 24.3 Å². The average Bonchev–Trinajstić information content (AvgIpc) is 3.30. The minimum Gasteiger partial charge on any atom is -0.382 e. The van der Waals surface area contributed by atoms with E-state index < -0.39 is 0 Å². The van der Waals surface area contributed by atoms with Crippen LogP contribution < -0.4 is 5.73 Å². The number of carbonyl (C=O) groups is 1. The maximum Gasteiger partial charge on any atom is 0.219 e. The maximum atomic E-state index is 11.8. The number of nitrogens with two attached hydrogens (primary N) is 1. The summed E-state index contributed by atoms with van der Waals surface area (Å²) in [6.07, 6.45) is 6.37. The molecule has 0 spiro atoms. The molecule has 7 nitrogen and oxygen atoms in total. The number of carbonyl (C=O) groups excluding carboxylic acids is 1. The summed E-state index contributed by atoms with van der Waals surface area (Å²) >= 11 is 0. The molecule has 0 bridgehead atoms. The van der Waals surface area contributed by atoms with E-state index in [-0.39, 0.29) is 5.91 Å². The number of amides is 1. The van der Waals surface area contributed by atoms with E-state index in [1.54, 1.807) is 13.1 Å². The smallest absolute Gasteiger partial charge is 0.219 e. The number of pyridine rings is 1. The highest BCUT2D eigenvalue weighted by Gasteiger charge is 2.22. The van der Waals surface area contributed by atoms with E-state index >= 15 is 0 Å².